The first-order valence-electron chi connectivity index (χ1n) is 14.6. The Bertz CT molecular complexity index is 987. The molecule has 0 bridgehead atoms. The Kier molecular flexibility index (Phi) is 7.96. The first-order valence-corrected chi connectivity index (χ1v) is 16.2. The number of amides is 1. The number of aliphatic hydroxyl groups is 3. The zero-order chi connectivity index (χ0) is 26.7. The number of hydrogen-bond donors (Lipinski definition) is 4. The molecule has 0 saturated heterocycles. The summed E-state index contributed by atoms with van der Waals surface area (Å²) in [6, 6.07) is 4.19. The normalized spacial score (nSPS) is 44.9. The molecule has 4 fully saturated rings. The van der Waals surface area contributed by atoms with Crippen LogP contribution in [0.5, 0.6) is 0 Å². The van der Waals surface area contributed by atoms with Gasteiger partial charge >= 0.3 is 0 Å². The number of halogens is 1. The van der Waals surface area contributed by atoms with Crippen LogP contribution < -0.4 is 5.32 Å². The van der Waals surface area contributed by atoms with Crippen LogP contribution in [0.3, 0.4) is 0 Å². The molecule has 0 spiro atoms. The molecule has 7 heteroatoms. The van der Waals surface area contributed by atoms with Gasteiger partial charge in [-0.1, -0.05) is 27.7 Å². The Hall–Kier alpha value is -0.470. The maximum absolute atomic E-state index is 13.2. The summed E-state index contributed by atoms with van der Waals surface area (Å²) in [5, 5.41) is 36.4. The van der Waals surface area contributed by atoms with E-state index in [9.17, 15) is 20.1 Å². The fourth-order valence-corrected chi connectivity index (χ4v) is 11.4. The largest absolute Gasteiger partial charge is 0.393 e. The zero-order valence-corrected chi connectivity index (χ0v) is 25.2. The van der Waals surface area contributed by atoms with Gasteiger partial charge in [-0.3, -0.25) is 4.79 Å². The summed E-state index contributed by atoms with van der Waals surface area (Å²) in [7, 11) is 0. The average Bonchev–Trinajstić information content (AvgIpc) is 3.44. The van der Waals surface area contributed by atoms with Crippen molar-refractivity contribution < 1.29 is 20.1 Å². The molecule has 4 aliphatic rings. The molecule has 0 aliphatic heterocycles. The predicted octanol–water partition coefficient (Wildman–Crippen LogP) is 6.07. The van der Waals surface area contributed by atoms with Gasteiger partial charge in [-0.05, 0) is 126 Å². The summed E-state index contributed by atoms with van der Waals surface area (Å²) < 4.78 is 1.09. The topological polar surface area (TPSA) is 89.8 Å². The first-order chi connectivity index (χ1) is 17.5. The van der Waals surface area contributed by atoms with Crippen LogP contribution in [0.15, 0.2) is 15.9 Å². The monoisotopic (exact) mass is 595 g/mol. The van der Waals surface area contributed by atoms with Gasteiger partial charge < -0.3 is 20.6 Å². The lowest BCUT2D eigenvalue weighted by Gasteiger charge is -2.63. The fraction of sp³-hybridized carbons (Fsp3) is 0.833. The molecule has 0 aromatic carbocycles. The highest BCUT2D eigenvalue weighted by Crippen LogP contribution is 2.68. The van der Waals surface area contributed by atoms with E-state index in [1.165, 1.54) is 4.88 Å². The first kappa shape index (κ1) is 28.1. The van der Waals surface area contributed by atoms with Crippen LogP contribution >= 0.6 is 27.3 Å². The maximum Gasteiger partial charge on any atom is 0.220 e. The molecule has 1 heterocycles. The second-order valence-corrected chi connectivity index (χ2v) is 15.9. The smallest absolute Gasteiger partial charge is 0.220 e. The van der Waals surface area contributed by atoms with Crippen molar-refractivity contribution in [2.24, 2.45) is 46.3 Å². The quantitative estimate of drug-likeness (QED) is 0.321. The Balaban J connectivity index is 1.29. The SMILES string of the molecule is CCC(NC(=O)C[C@@H](C)C1CC[C@H]2C3[C@H](O)[C@H](O)C4C[C@H](O)CCC4(C)[C@H]3CCC12C)c1ccc(Br)s1. The summed E-state index contributed by atoms with van der Waals surface area (Å²) in [5.74, 6) is 1.72. The van der Waals surface area contributed by atoms with Crippen molar-refractivity contribution >= 4 is 33.2 Å². The number of rotatable bonds is 6. The number of carbonyl (C=O) groups is 1. The Morgan fingerprint density at radius 1 is 1.05 bits per heavy atom. The summed E-state index contributed by atoms with van der Waals surface area (Å²) in [6.07, 6.45) is 6.29. The lowest BCUT2D eigenvalue weighted by molar-refractivity contribution is -0.223. The molecule has 12 atom stereocenters. The lowest BCUT2D eigenvalue weighted by Crippen LogP contribution is -2.64. The molecule has 6 unspecified atom stereocenters. The van der Waals surface area contributed by atoms with Crippen LogP contribution in [0.1, 0.15) is 96.4 Å². The van der Waals surface area contributed by atoms with Crippen molar-refractivity contribution in [3.05, 3.63) is 20.8 Å². The highest BCUT2D eigenvalue weighted by Gasteiger charge is 2.65. The molecule has 1 aromatic heterocycles. The third-order valence-corrected chi connectivity index (χ3v) is 13.4. The van der Waals surface area contributed by atoms with E-state index < -0.39 is 12.2 Å². The lowest BCUT2D eigenvalue weighted by atomic mass is 9.43. The molecule has 4 saturated carbocycles. The highest BCUT2D eigenvalue weighted by molar-refractivity contribution is 9.11. The van der Waals surface area contributed by atoms with E-state index in [2.05, 4.69) is 55.0 Å². The number of hydrogen-bond acceptors (Lipinski definition) is 5. The molecular weight excluding hydrogens is 550 g/mol. The maximum atomic E-state index is 13.2. The van der Waals surface area contributed by atoms with Crippen molar-refractivity contribution in [1.82, 2.24) is 5.32 Å². The van der Waals surface area contributed by atoms with Crippen molar-refractivity contribution in [3.63, 3.8) is 0 Å². The van der Waals surface area contributed by atoms with Gasteiger partial charge in [-0.25, -0.2) is 0 Å². The number of thiophene rings is 1. The van der Waals surface area contributed by atoms with Gasteiger partial charge in [0.25, 0.3) is 0 Å². The minimum absolute atomic E-state index is 0.0145. The predicted molar refractivity (Wildman–Crippen MR) is 151 cm³/mol. The van der Waals surface area contributed by atoms with Crippen molar-refractivity contribution in [2.45, 2.75) is 110 Å². The zero-order valence-electron chi connectivity index (χ0n) is 22.8. The average molecular weight is 597 g/mol. The second-order valence-electron chi connectivity index (χ2n) is 13.4. The van der Waals surface area contributed by atoms with Gasteiger partial charge in [0.05, 0.1) is 28.1 Å². The summed E-state index contributed by atoms with van der Waals surface area (Å²) in [6.45, 7) is 9.11. The Labute approximate surface area is 234 Å². The Morgan fingerprint density at radius 3 is 2.43 bits per heavy atom. The highest BCUT2D eigenvalue weighted by atomic mass is 79.9. The van der Waals surface area contributed by atoms with E-state index in [4.69, 9.17) is 0 Å². The standard InChI is InChI=1S/C30H46BrNO4S/c1-5-22(23-8-9-24(31)37-23)32-25(34)14-16(2)18-6-7-19-26-20(11-13-29(18,19)3)30(4)12-10-17(33)15-21(30)27(35)28(26)36/h8-9,16-22,26-28,33,35-36H,5-7,10-15H2,1-4H3,(H,32,34)/t16-,17-,18?,19+,20+,21?,22?,26?,27-,28+,29?,30?/m1/s1. The van der Waals surface area contributed by atoms with Crippen molar-refractivity contribution in [1.29, 1.82) is 0 Å². The van der Waals surface area contributed by atoms with Crippen LogP contribution in [-0.2, 0) is 4.79 Å². The minimum Gasteiger partial charge on any atom is -0.393 e. The van der Waals surface area contributed by atoms with E-state index >= 15 is 0 Å². The Morgan fingerprint density at radius 2 is 1.76 bits per heavy atom. The van der Waals surface area contributed by atoms with Gasteiger partial charge in [-0.2, -0.15) is 0 Å². The van der Waals surface area contributed by atoms with Crippen molar-refractivity contribution in [3.8, 4) is 0 Å². The molecule has 208 valence electrons. The molecule has 1 amide bonds. The van der Waals surface area contributed by atoms with E-state index in [-0.39, 0.29) is 46.6 Å². The molecule has 5 nitrogen and oxygen atoms in total. The summed E-state index contributed by atoms with van der Waals surface area (Å²) >= 11 is 5.22. The molecule has 1 aromatic rings. The van der Waals surface area contributed by atoms with Crippen LogP contribution in [0.4, 0.5) is 0 Å². The molecular formula is C30H46BrNO4S. The van der Waals surface area contributed by atoms with Crippen LogP contribution in [0, 0.1) is 46.3 Å². The van der Waals surface area contributed by atoms with E-state index in [0.717, 1.165) is 48.7 Å². The summed E-state index contributed by atoms with van der Waals surface area (Å²) in [5.41, 5.74) is 0.0706. The van der Waals surface area contributed by atoms with Crippen molar-refractivity contribution in [2.75, 3.05) is 0 Å². The van der Waals surface area contributed by atoms with Gasteiger partial charge in [-0.15, -0.1) is 11.3 Å². The van der Waals surface area contributed by atoms with Crippen LogP contribution in [0.25, 0.3) is 0 Å². The number of carbonyl (C=O) groups excluding carboxylic acids is 1. The van der Waals surface area contributed by atoms with Crippen LogP contribution in [0.2, 0.25) is 0 Å². The number of aliphatic hydroxyl groups excluding tert-OH is 3. The van der Waals surface area contributed by atoms with E-state index in [0.29, 0.717) is 30.6 Å². The third-order valence-electron chi connectivity index (χ3n) is 11.7. The molecule has 37 heavy (non-hydrogen) atoms. The van der Waals surface area contributed by atoms with Gasteiger partial charge in [0.2, 0.25) is 5.91 Å². The molecule has 4 aliphatic carbocycles. The van der Waals surface area contributed by atoms with Gasteiger partial charge in [0.15, 0.2) is 0 Å². The molecule has 0 radical (unpaired) electrons. The molecule has 4 N–H and O–H groups in total. The second kappa shape index (κ2) is 10.5. The van der Waals surface area contributed by atoms with E-state index in [1.807, 2.05) is 6.07 Å². The minimum atomic E-state index is -0.755. The number of nitrogens with one attached hydrogen (secondary N) is 1. The number of fused-ring (bicyclic) bond motifs is 5. The summed E-state index contributed by atoms with van der Waals surface area (Å²) in [4.78, 5) is 14.3. The van der Waals surface area contributed by atoms with E-state index in [1.54, 1.807) is 11.3 Å². The van der Waals surface area contributed by atoms with Gasteiger partial charge in [0.1, 0.15) is 0 Å². The van der Waals surface area contributed by atoms with Gasteiger partial charge in [0, 0.05) is 11.3 Å². The fourth-order valence-electron chi connectivity index (χ4n) is 9.79. The van der Waals surface area contributed by atoms with Crippen LogP contribution in [-0.4, -0.2) is 39.5 Å². The molecule has 5 rings (SSSR count). The third kappa shape index (κ3) is 4.77.